The molecule has 0 nitrogen and oxygen atoms in total. The fourth-order valence-electron chi connectivity index (χ4n) is 3.41. The van der Waals surface area contributed by atoms with E-state index in [4.69, 9.17) is 0 Å². The van der Waals surface area contributed by atoms with Crippen LogP contribution in [0.25, 0.3) is 33.4 Å². The molecule has 0 aliphatic heterocycles. The van der Waals surface area contributed by atoms with Crippen molar-refractivity contribution in [2.24, 2.45) is 0 Å². The molecule has 0 unspecified atom stereocenters. The average molecular weight is 406 g/mol. The van der Waals surface area contributed by atoms with Gasteiger partial charge >= 0.3 is 0 Å². The zero-order chi connectivity index (χ0) is 21.3. The molecule has 30 heavy (non-hydrogen) atoms. The summed E-state index contributed by atoms with van der Waals surface area (Å²) >= 11 is 0. The van der Waals surface area contributed by atoms with E-state index in [1.54, 1.807) is 30.3 Å². The van der Waals surface area contributed by atoms with Gasteiger partial charge in [0.2, 0.25) is 0 Å². The van der Waals surface area contributed by atoms with Crippen LogP contribution in [0.15, 0.2) is 78.9 Å². The monoisotopic (exact) mass is 406 g/mol. The Morgan fingerprint density at radius 3 is 1.57 bits per heavy atom. The Bertz CT molecular complexity index is 1170. The lowest BCUT2D eigenvalue weighted by atomic mass is 9.97. The molecule has 4 heteroatoms. The molecule has 0 aromatic heterocycles. The van der Waals surface area contributed by atoms with Gasteiger partial charge < -0.3 is 0 Å². The van der Waals surface area contributed by atoms with Crippen LogP contribution in [0.3, 0.4) is 0 Å². The first-order valence-corrected chi connectivity index (χ1v) is 9.47. The van der Waals surface area contributed by atoms with E-state index in [1.165, 1.54) is 6.07 Å². The van der Waals surface area contributed by atoms with E-state index in [2.05, 4.69) is 0 Å². The third kappa shape index (κ3) is 3.86. The van der Waals surface area contributed by atoms with Gasteiger partial charge in [-0.3, -0.25) is 0 Å². The molecule has 0 saturated heterocycles. The van der Waals surface area contributed by atoms with Crippen molar-refractivity contribution in [3.05, 3.63) is 107 Å². The van der Waals surface area contributed by atoms with Crippen LogP contribution in [-0.4, -0.2) is 0 Å². The fraction of sp³-hybridized carbons (Fsp3) is 0.0769. The molecule has 0 aliphatic carbocycles. The van der Waals surface area contributed by atoms with Crippen molar-refractivity contribution in [1.29, 1.82) is 0 Å². The Kier molecular flexibility index (Phi) is 5.40. The number of benzene rings is 4. The predicted octanol–water partition coefficient (Wildman–Crippen LogP) is 7.88. The summed E-state index contributed by atoms with van der Waals surface area (Å²) in [7, 11) is 0. The first-order chi connectivity index (χ1) is 14.5. The molecule has 0 atom stereocenters. The van der Waals surface area contributed by atoms with Gasteiger partial charge in [-0.2, -0.15) is 0 Å². The summed E-state index contributed by atoms with van der Waals surface area (Å²) in [6, 6.07) is 21.8. The average Bonchev–Trinajstić information content (AvgIpc) is 2.74. The maximum atomic E-state index is 14.8. The third-order valence-corrected chi connectivity index (χ3v) is 5.16. The molecule has 4 aromatic carbocycles. The van der Waals surface area contributed by atoms with Gasteiger partial charge in [-0.05, 0) is 52.9 Å². The number of hydrogen-bond acceptors (Lipinski definition) is 0. The van der Waals surface area contributed by atoms with Crippen LogP contribution in [-0.2, 0) is 6.67 Å². The van der Waals surface area contributed by atoms with Crippen molar-refractivity contribution in [2.45, 2.75) is 13.6 Å². The highest BCUT2D eigenvalue weighted by Gasteiger charge is 2.13. The molecule has 0 heterocycles. The van der Waals surface area contributed by atoms with Crippen molar-refractivity contribution in [3.8, 4) is 33.4 Å². The van der Waals surface area contributed by atoms with Crippen LogP contribution in [0.1, 0.15) is 11.1 Å². The second-order valence-electron chi connectivity index (χ2n) is 7.19. The minimum Gasteiger partial charge on any atom is -0.246 e. The number of alkyl halides is 1. The van der Waals surface area contributed by atoms with Crippen LogP contribution in [0.2, 0.25) is 0 Å². The zero-order valence-corrected chi connectivity index (χ0v) is 16.2. The molecule has 0 amide bonds. The molecular formula is C26H18F4. The van der Waals surface area contributed by atoms with E-state index < -0.39 is 23.9 Å². The van der Waals surface area contributed by atoms with Crippen LogP contribution >= 0.6 is 0 Å². The molecule has 0 aliphatic rings. The van der Waals surface area contributed by atoms with Crippen LogP contribution < -0.4 is 0 Å². The van der Waals surface area contributed by atoms with Gasteiger partial charge in [-0.1, -0.05) is 66.2 Å². The SMILES string of the molecule is Cc1ccc(-c2ccc(-c3ccc(-c4cc(F)c(CF)c(F)c4)cc3)c(F)c2)cc1. The fourth-order valence-corrected chi connectivity index (χ4v) is 3.41. The van der Waals surface area contributed by atoms with E-state index in [9.17, 15) is 17.6 Å². The van der Waals surface area contributed by atoms with Crippen molar-refractivity contribution in [2.75, 3.05) is 0 Å². The summed E-state index contributed by atoms with van der Waals surface area (Å²) in [4.78, 5) is 0. The summed E-state index contributed by atoms with van der Waals surface area (Å²) < 4.78 is 55.2. The van der Waals surface area contributed by atoms with Crippen LogP contribution in [0, 0.1) is 24.4 Å². The molecule has 0 spiro atoms. The Hall–Kier alpha value is -3.40. The Morgan fingerprint density at radius 1 is 0.533 bits per heavy atom. The minimum atomic E-state index is -1.20. The van der Waals surface area contributed by atoms with Gasteiger partial charge in [0.05, 0.1) is 5.56 Å². The first-order valence-electron chi connectivity index (χ1n) is 9.47. The van der Waals surface area contributed by atoms with Crippen molar-refractivity contribution in [1.82, 2.24) is 0 Å². The lowest BCUT2D eigenvalue weighted by Crippen LogP contribution is -1.94. The van der Waals surface area contributed by atoms with E-state index in [0.29, 0.717) is 22.3 Å². The van der Waals surface area contributed by atoms with Gasteiger partial charge in [0.15, 0.2) is 0 Å². The topological polar surface area (TPSA) is 0 Å². The van der Waals surface area contributed by atoms with Crippen molar-refractivity contribution >= 4 is 0 Å². The maximum Gasteiger partial charge on any atom is 0.132 e. The van der Waals surface area contributed by atoms with Gasteiger partial charge in [0.1, 0.15) is 24.1 Å². The van der Waals surface area contributed by atoms with Gasteiger partial charge in [-0.25, -0.2) is 17.6 Å². The Morgan fingerprint density at radius 2 is 1.00 bits per heavy atom. The normalized spacial score (nSPS) is 11.0. The molecule has 0 radical (unpaired) electrons. The molecule has 0 N–H and O–H groups in total. The van der Waals surface area contributed by atoms with E-state index >= 15 is 0 Å². The van der Waals surface area contributed by atoms with Crippen LogP contribution in [0.4, 0.5) is 17.6 Å². The number of halogens is 4. The largest absolute Gasteiger partial charge is 0.246 e. The molecule has 0 bridgehead atoms. The first kappa shape index (κ1) is 19.9. The summed E-state index contributed by atoms with van der Waals surface area (Å²) in [6.07, 6.45) is 0. The third-order valence-electron chi connectivity index (χ3n) is 5.16. The minimum absolute atomic E-state index is 0.295. The molecular weight excluding hydrogens is 388 g/mol. The van der Waals surface area contributed by atoms with Crippen molar-refractivity contribution < 1.29 is 17.6 Å². The van der Waals surface area contributed by atoms with Crippen molar-refractivity contribution in [3.63, 3.8) is 0 Å². The summed E-state index contributed by atoms with van der Waals surface area (Å²) in [6.45, 7) is 0.796. The molecule has 0 fully saturated rings. The molecule has 150 valence electrons. The smallest absolute Gasteiger partial charge is 0.132 e. The number of hydrogen-bond donors (Lipinski definition) is 0. The second kappa shape index (κ2) is 8.15. The maximum absolute atomic E-state index is 14.8. The predicted molar refractivity (Wildman–Crippen MR) is 112 cm³/mol. The van der Waals surface area contributed by atoms with Crippen LogP contribution in [0.5, 0.6) is 0 Å². The molecule has 4 aromatic rings. The molecule has 4 rings (SSSR count). The highest BCUT2D eigenvalue weighted by molar-refractivity contribution is 5.74. The van der Waals surface area contributed by atoms with Gasteiger partial charge in [-0.15, -0.1) is 0 Å². The second-order valence-corrected chi connectivity index (χ2v) is 7.19. The molecule has 0 saturated carbocycles. The number of rotatable bonds is 4. The highest BCUT2D eigenvalue weighted by Crippen LogP contribution is 2.31. The Labute approximate surface area is 172 Å². The highest BCUT2D eigenvalue weighted by atomic mass is 19.1. The van der Waals surface area contributed by atoms with Gasteiger partial charge in [0.25, 0.3) is 0 Å². The Balaban J connectivity index is 1.64. The quantitative estimate of drug-likeness (QED) is 0.302. The lowest BCUT2D eigenvalue weighted by molar-refractivity contribution is 0.440. The summed E-state index contributed by atoms with van der Waals surface area (Å²) in [5, 5.41) is 0. The van der Waals surface area contributed by atoms with E-state index in [0.717, 1.165) is 28.8 Å². The summed E-state index contributed by atoms with van der Waals surface area (Å²) in [5.74, 6) is -2.20. The summed E-state index contributed by atoms with van der Waals surface area (Å²) in [5.41, 5.74) is 4.20. The lowest BCUT2D eigenvalue weighted by Gasteiger charge is -2.09. The van der Waals surface area contributed by atoms with E-state index in [-0.39, 0.29) is 5.82 Å². The number of aryl methyl sites for hydroxylation is 1. The zero-order valence-electron chi connectivity index (χ0n) is 16.2. The van der Waals surface area contributed by atoms with Gasteiger partial charge in [0, 0.05) is 5.56 Å². The standard InChI is InChI=1S/C26H18F4/c1-16-2-4-17(5-3-16)20-10-11-22(24(28)12-20)19-8-6-18(7-9-19)21-13-25(29)23(15-27)26(30)14-21/h2-14H,15H2,1H3. The van der Waals surface area contributed by atoms with E-state index in [1.807, 2.05) is 37.3 Å².